The molecule has 1 aromatic carbocycles. The Kier molecular flexibility index (Phi) is 3.79. The number of aryl methyl sites for hydroxylation is 1. The van der Waals surface area contributed by atoms with E-state index in [-0.39, 0.29) is 12.2 Å². The summed E-state index contributed by atoms with van der Waals surface area (Å²) in [5, 5.41) is 7.69. The lowest BCUT2D eigenvalue weighted by Crippen LogP contribution is -2.05. The van der Waals surface area contributed by atoms with Gasteiger partial charge in [0, 0.05) is 24.9 Å². The molecule has 19 heavy (non-hydrogen) atoms. The molecule has 0 aliphatic carbocycles. The number of rotatable bonds is 5. The molecule has 2 aromatic rings. The largest absolute Gasteiger partial charge is 0.497 e. The SMILES string of the molecule is COc1cc(OC)cc(C(=O)Cc2cn(C)nn2)c1. The summed E-state index contributed by atoms with van der Waals surface area (Å²) in [6.07, 6.45) is 1.92. The van der Waals surface area contributed by atoms with E-state index in [1.54, 1.807) is 50.3 Å². The lowest BCUT2D eigenvalue weighted by atomic mass is 10.1. The highest BCUT2D eigenvalue weighted by molar-refractivity contribution is 5.98. The van der Waals surface area contributed by atoms with Gasteiger partial charge in [0.25, 0.3) is 0 Å². The van der Waals surface area contributed by atoms with Crippen LogP contribution in [0.15, 0.2) is 24.4 Å². The van der Waals surface area contributed by atoms with Crippen LogP contribution < -0.4 is 9.47 Å². The normalized spacial score (nSPS) is 10.3. The van der Waals surface area contributed by atoms with Crippen LogP contribution in [0.25, 0.3) is 0 Å². The minimum absolute atomic E-state index is 0.0577. The first-order valence-electron chi connectivity index (χ1n) is 5.74. The molecule has 0 N–H and O–H groups in total. The van der Waals surface area contributed by atoms with Crippen molar-refractivity contribution < 1.29 is 14.3 Å². The van der Waals surface area contributed by atoms with Crippen LogP contribution in [0.3, 0.4) is 0 Å². The van der Waals surface area contributed by atoms with E-state index in [9.17, 15) is 4.79 Å². The molecule has 0 spiro atoms. The van der Waals surface area contributed by atoms with Crippen LogP contribution in [0.1, 0.15) is 16.1 Å². The maximum absolute atomic E-state index is 12.2. The summed E-state index contributed by atoms with van der Waals surface area (Å²) in [6.45, 7) is 0. The third-order valence-electron chi connectivity index (χ3n) is 2.67. The average Bonchev–Trinajstić information content (AvgIpc) is 2.83. The summed E-state index contributed by atoms with van der Waals surface area (Å²) >= 11 is 0. The molecule has 0 bridgehead atoms. The van der Waals surface area contributed by atoms with Crippen molar-refractivity contribution >= 4 is 5.78 Å². The van der Waals surface area contributed by atoms with E-state index in [2.05, 4.69) is 10.3 Å². The van der Waals surface area contributed by atoms with Crippen LogP contribution in [-0.4, -0.2) is 35.0 Å². The maximum atomic E-state index is 12.2. The fourth-order valence-corrected chi connectivity index (χ4v) is 1.71. The zero-order valence-electron chi connectivity index (χ0n) is 11.1. The van der Waals surface area contributed by atoms with Gasteiger partial charge in [-0.25, -0.2) is 0 Å². The lowest BCUT2D eigenvalue weighted by Gasteiger charge is -2.07. The second-order valence-corrected chi connectivity index (χ2v) is 4.08. The summed E-state index contributed by atoms with van der Waals surface area (Å²) in [5.41, 5.74) is 1.16. The Morgan fingerprint density at radius 3 is 2.32 bits per heavy atom. The van der Waals surface area contributed by atoms with Gasteiger partial charge in [-0.3, -0.25) is 9.48 Å². The first kappa shape index (κ1) is 13.1. The molecule has 6 nitrogen and oxygen atoms in total. The molecule has 0 unspecified atom stereocenters. The number of benzene rings is 1. The fourth-order valence-electron chi connectivity index (χ4n) is 1.71. The first-order valence-corrected chi connectivity index (χ1v) is 5.74. The van der Waals surface area contributed by atoms with E-state index in [0.29, 0.717) is 22.8 Å². The first-order chi connectivity index (χ1) is 9.12. The van der Waals surface area contributed by atoms with E-state index < -0.39 is 0 Å². The molecular formula is C13H15N3O3. The van der Waals surface area contributed by atoms with Gasteiger partial charge in [0.2, 0.25) is 0 Å². The van der Waals surface area contributed by atoms with Gasteiger partial charge < -0.3 is 9.47 Å². The van der Waals surface area contributed by atoms with Crippen LogP contribution in [-0.2, 0) is 13.5 Å². The highest BCUT2D eigenvalue weighted by atomic mass is 16.5. The molecule has 100 valence electrons. The van der Waals surface area contributed by atoms with Crippen LogP contribution >= 0.6 is 0 Å². The maximum Gasteiger partial charge on any atom is 0.169 e. The number of methoxy groups -OCH3 is 2. The van der Waals surface area contributed by atoms with Gasteiger partial charge in [-0.1, -0.05) is 5.21 Å². The molecule has 0 radical (unpaired) electrons. The van der Waals surface area contributed by atoms with Gasteiger partial charge in [0.1, 0.15) is 11.5 Å². The van der Waals surface area contributed by atoms with Crippen molar-refractivity contribution in [3.8, 4) is 11.5 Å². The number of nitrogens with zero attached hydrogens (tertiary/aromatic N) is 3. The molecule has 0 amide bonds. The highest BCUT2D eigenvalue weighted by Gasteiger charge is 2.12. The van der Waals surface area contributed by atoms with Gasteiger partial charge in [-0.2, -0.15) is 0 Å². The van der Waals surface area contributed by atoms with Gasteiger partial charge >= 0.3 is 0 Å². The van der Waals surface area contributed by atoms with Crippen LogP contribution in [0.5, 0.6) is 11.5 Å². The Morgan fingerprint density at radius 1 is 1.21 bits per heavy atom. The van der Waals surface area contributed by atoms with Crippen molar-refractivity contribution in [3.63, 3.8) is 0 Å². The van der Waals surface area contributed by atoms with Crippen LogP contribution in [0, 0.1) is 0 Å². The Labute approximate surface area is 110 Å². The average molecular weight is 261 g/mol. The van der Waals surface area contributed by atoms with Crippen molar-refractivity contribution in [3.05, 3.63) is 35.7 Å². The Morgan fingerprint density at radius 2 is 1.84 bits per heavy atom. The molecule has 0 saturated heterocycles. The topological polar surface area (TPSA) is 66.2 Å². The monoisotopic (exact) mass is 261 g/mol. The number of ketones is 1. The standard InChI is InChI=1S/C13H15N3O3/c1-16-8-10(14-15-16)6-13(17)9-4-11(18-2)7-12(5-9)19-3/h4-5,7-8H,6H2,1-3H3. The van der Waals surface area contributed by atoms with Gasteiger partial charge in [-0.05, 0) is 12.1 Å². The van der Waals surface area contributed by atoms with Gasteiger partial charge in [-0.15, -0.1) is 5.10 Å². The molecule has 0 saturated carbocycles. The predicted octanol–water partition coefficient (Wildman–Crippen LogP) is 1.26. The Balaban J connectivity index is 2.22. The molecular weight excluding hydrogens is 246 g/mol. The molecule has 1 heterocycles. The van der Waals surface area contributed by atoms with E-state index in [1.165, 1.54) is 0 Å². The number of Topliss-reactive ketones (excluding diaryl/α,β-unsaturated/α-hetero) is 1. The number of aromatic nitrogens is 3. The van der Waals surface area contributed by atoms with Gasteiger partial charge in [0.05, 0.1) is 26.3 Å². The van der Waals surface area contributed by atoms with Crippen molar-refractivity contribution in [1.82, 2.24) is 15.0 Å². The third kappa shape index (κ3) is 3.09. The van der Waals surface area contributed by atoms with Crippen LogP contribution in [0.4, 0.5) is 0 Å². The van der Waals surface area contributed by atoms with Crippen molar-refractivity contribution in [1.29, 1.82) is 0 Å². The quantitative estimate of drug-likeness (QED) is 0.758. The summed E-state index contributed by atoms with van der Waals surface area (Å²) in [5.74, 6) is 1.11. The molecule has 2 rings (SSSR count). The number of hydrogen-bond donors (Lipinski definition) is 0. The highest BCUT2D eigenvalue weighted by Crippen LogP contribution is 2.23. The van der Waals surface area contributed by atoms with Gasteiger partial charge in [0.15, 0.2) is 5.78 Å². The summed E-state index contributed by atoms with van der Waals surface area (Å²) in [4.78, 5) is 12.2. The molecule has 0 aliphatic rings. The Bertz CT molecular complexity index is 570. The molecule has 0 fully saturated rings. The van der Waals surface area contributed by atoms with E-state index >= 15 is 0 Å². The minimum atomic E-state index is -0.0577. The smallest absolute Gasteiger partial charge is 0.169 e. The van der Waals surface area contributed by atoms with Crippen molar-refractivity contribution in [2.75, 3.05) is 14.2 Å². The van der Waals surface area contributed by atoms with E-state index in [1.807, 2.05) is 0 Å². The number of ether oxygens (including phenoxy) is 2. The molecule has 6 heteroatoms. The third-order valence-corrected chi connectivity index (χ3v) is 2.67. The van der Waals surface area contributed by atoms with Crippen molar-refractivity contribution in [2.45, 2.75) is 6.42 Å². The minimum Gasteiger partial charge on any atom is -0.497 e. The zero-order chi connectivity index (χ0) is 13.8. The molecule has 1 aromatic heterocycles. The second kappa shape index (κ2) is 5.51. The molecule has 0 atom stereocenters. The van der Waals surface area contributed by atoms with Crippen molar-refractivity contribution in [2.24, 2.45) is 7.05 Å². The molecule has 0 aliphatic heterocycles. The Hall–Kier alpha value is -2.37. The number of hydrogen-bond acceptors (Lipinski definition) is 5. The van der Waals surface area contributed by atoms with E-state index in [4.69, 9.17) is 9.47 Å². The van der Waals surface area contributed by atoms with Crippen LogP contribution in [0.2, 0.25) is 0 Å². The number of carbonyl (C=O) groups is 1. The fraction of sp³-hybridized carbons (Fsp3) is 0.308. The summed E-state index contributed by atoms with van der Waals surface area (Å²) in [6, 6.07) is 5.08. The second-order valence-electron chi connectivity index (χ2n) is 4.08. The summed E-state index contributed by atoms with van der Waals surface area (Å²) < 4.78 is 11.8. The number of carbonyl (C=O) groups excluding carboxylic acids is 1. The summed E-state index contributed by atoms with van der Waals surface area (Å²) in [7, 11) is 4.85. The zero-order valence-corrected chi connectivity index (χ0v) is 11.1. The lowest BCUT2D eigenvalue weighted by molar-refractivity contribution is 0.0991. The van der Waals surface area contributed by atoms with E-state index in [0.717, 1.165) is 0 Å². The predicted molar refractivity (Wildman–Crippen MR) is 68.6 cm³/mol.